The summed E-state index contributed by atoms with van der Waals surface area (Å²) in [5.74, 6) is 0.303. The predicted octanol–water partition coefficient (Wildman–Crippen LogP) is 7.39. The highest BCUT2D eigenvalue weighted by Gasteiger charge is 2.42. The van der Waals surface area contributed by atoms with Crippen LogP contribution in [0.5, 0.6) is 0 Å². The Morgan fingerprint density at radius 2 is 1.68 bits per heavy atom. The Hall–Kier alpha value is -2.42. The van der Waals surface area contributed by atoms with Gasteiger partial charge in [-0.1, -0.05) is 88.0 Å². The molecule has 2 aliphatic carbocycles. The average molecular weight is 418 g/mol. The van der Waals surface area contributed by atoms with Crippen LogP contribution in [0.15, 0.2) is 47.6 Å². The van der Waals surface area contributed by atoms with Gasteiger partial charge in [-0.15, -0.1) is 0 Å². The van der Waals surface area contributed by atoms with Crippen molar-refractivity contribution in [1.29, 1.82) is 0 Å². The number of Topliss-reactive ketones (excluding diaryl/α,β-unsaturated/α-hetero) is 1. The van der Waals surface area contributed by atoms with Crippen molar-refractivity contribution in [3.05, 3.63) is 59.2 Å². The number of nitrogens with zero attached hydrogens (tertiary/aromatic N) is 1. The molecule has 0 heterocycles. The minimum Gasteiger partial charge on any atom is -0.411 e. The normalized spacial score (nSPS) is 18.6. The number of rotatable bonds is 8. The third kappa shape index (κ3) is 3.62. The van der Waals surface area contributed by atoms with Crippen LogP contribution >= 0.6 is 0 Å². The van der Waals surface area contributed by atoms with Crippen LogP contribution in [0, 0.1) is 11.8 Å². The molecule has 1 saturated carbocycles. The Bertz CT molecular complexity index is 978. The van der Waals surface area contributed by atoms with Gasteiger partial charge in [-0.3, -0.25) is 4.79 Å². The maximum Gasteiger partial charge on any atom is 0.210 e. The van der Waals surface area contributed by atoms with Crippen molar-refractivity contribution < 1.29 is 10.0 Å². The summed E-state index contributed by atoms with van der Waals surface area (Å²) in [6.45, 7) is 6.53. The van der Waals surface area contributed by atoms with Gasteiger partial charge in [0, 0.05) is 16.9 Å². The topological polar surface area (TPSA) is 49.7 Å². The monoisotopic (exact) mass is 417 g/mol. The van der Waals surface area contributed by atoms with Gasteiger partial charge in [0.15, 0.2) is 0 Å². The Morgan fingerprint density at radius 1 is 1.03 bits per heavy atom. The molecular formula is C28H35NO2. The molecular weight excluding hydrogens is 382 g/mol. The Labute approximate surface area is 186 Å². The van der Waals surface area contributed by atoms with Crippen LogP contribution < -0.4 is 0 Å². The van der Waals surface area contributed by atoms with E-state index < -0.39 is 0 Å². The summed E-state index contributed by atoms with van der Waals surface area (Å²) in [7, 11) is 0. The zero-order valence-electron chi connectivity index (χ0n) is 19.2. The molecule has 0 amide bonds. The van der Waals surface area contributed by atoms with Crippen LogP contribution in [0.25, 0.3) is 11.1 Å². The summed E-state index contributed by atoms with van der Waals surface area (Å²) >= 11 is 0. The molecule has 0 spiro atoms. The molecule has 0 saturated heterocycles. The van der Waals surface area contributed by atoms with E-state index in [1.165, 1.54) is 35.1 Å². The highest BCUT2D eigenvalue weighted by atomic mass is 16.4. The molecule has 0 aliphatic heterocycles. The molecule has 2 aromatic carbocycles. The number of ketones is 1. The number of benzene rings is 2. The largest absolute Gasteiger partial charge is 0.411 e. The van der Waals surface area contributed by atoms with Crippen molar-refractivity contribution in [2.75, 3.05) is 0 Å². The Morgan fingerprint density at radius 3 is 2.32 bits per heavy atom. The molecule has 1 N–H and O–H groups in total. The van der Waals surface area contributed by atoms with E-state index in [1.54, 1.807) is 0 Å². The Kier molecular flexibility index (Phi) is 6.31. The molecule has 2 aliphatic rings. The molecule has 2 aromatic rings. The van der Waals surface area contributed by atoms with Crippen molar-refractivity contribution >= 4 is 11.5 Å². The minimum atomic E-state index is -0.123. The first kappa shape index (κ1) is 21.8. The number of fused-ring (bicyclic) bond motifs is 3. The predicted molar refractivity (Wildman–Crippen MR) is 127 cm³/mol. The van der Waals surface area contributed by atoms with E-state index in [9.17, 15) is 10.0 Å². The summed E-state index contributed by atoms with van der Waals surface area (Å²) in [6, 6.07) is 14.9. The number of oxime groups is 1. The summed E-state index contributed by atoms with van der Waals surface area (Å²) in [5, 5.41) is 13.3. The fourth-order valence-electron chi connectivity index (χ4n) is 6.29. The fourth-order valence-corrected chi connectivity index (χ4v) is 6.29. The number of hydrogen-bond donors (Lipinski definition) is 1. The molecule has 31 heavy (non-hydrogen) atoms. The lowest BCUT2D eigenvalue weighted by Gasteiger charge is -2.32. The van der Waals surface area contributed by atoms with Gasteiger partial charge in [0.05, 0.1) is 0 Å². The van der Waals surface area contributed by atoms with Crippen LogP contribution in [-0.4, -0.2) is 16.7 Å². The van der Waals surface area contributed by atoms with Crippen LogP contribution in [0.4, 0.5) is 0 Å². The quantitative estimate of drug-likeness (QED) is 0.211. The van der Waals surface area contributed by atoms with Gasteiger partial charge in [0.1, 0.15) is 5.71 Å². The summed E-state index contributed by atoms with van der Waals surface area (Å²) in [5.41, 5.74) is 6.15. The SMILES string of the molecule is CCCC1(CCC)c2ccccc2-c2ccc(C(=O)C(=NO)C(C)C3CCCC3)cc21. The molecule has 1 unspecified atom stereocenters. The molecule has 1 atom stereocenters. The maximum atomic E-state index is 13.5. The maximum absolute atomic E-state index is 13.5. The number of hydrogen-bond acceptors (Lipinski definition) is 3. The number of carbonyl (C=O) groups excluding carboxylic acids is 1. The second-order valence-electron chi connectivity index (χ2n) is 9.54. The lowest BCUT2D eigenvalue weighted by Crippen LogP contribution is -2.28. The van der Waals surface area contributed by atoms with E-state index in [0.29, 0.717) is 17.2 Å². The molecule has 3 nitrogen and oxygen atoms in total. The second-order valence-corrected chi connectivity index (χ2v) is 9.54. The molecule has 0 aromatic heterocycles. The van der Waals surface area contributed by atoms with Crippen molar-refractivity contribution in [3.63, 3.8) is 0 Å². The molecule has 0 radical (unpaired) electrons. The van der Waals surface area contributed by atoms with Crippen LogP contribution in [0.1, 0.15) is 93.6 Å². The van der Waals surface area contributed by atoms with Gasteiger partial charge < -0.3 is 5.21 Å². The first-order valence-electron chi connectivity index (χ1n) is 12.1. The van der Waals surface area contributed by atoms with E-state index in [-0.39, 0.29) is 17.1 Å². The van der Waals surface area contributed by atoms with Crippen molar-refractivity contribution in [1.82, 2.24) is 0 Å². The molecule has 3 heteroatoms. The third-order valence-corrected chi connectivity index (χ3v) is 7.76. The average Bonchev–Trinajstić information content (AvgIpc) is 3.41. The summed E-state index contributed by atoms with van der Waals surface area (Å²) < 4.78 is 0. The van der Waals surface area contributed by atoms with E-state index >= 15 is 0 Å². The Balaban J connectivity index is 1.77. The van der Waals surface area contributed by atoms with E-state index in [4.69, 9.17) is 0 Å². The molecule has 1 fully saturated rings. The van der Waals surface area contributed by atoms with Gasteiger partial charge in [-0.25, -0.2) is 0 Å². The zero-order chi connectivity index (χ0) is 22.0. The molecule has 4 rings (SSSR count). The van der Waals surface area contributed by atoms with Crippen LogP contribution in [-0.2, 0) is 5.41 Å². The lowest BCUT2D eigenvalue weighted by atomic mass is 9.71. The van der Waals surface area contributed by atoms with Crippen molar-refractivity contribution in [3.8, 4) is 11.1 Å². The van der Waals surface area contributed by atoms with Gasteiger partial charge >= 0.3 is 0 Å². The third-order valence-electron chi connectivity index (χ3n) is 7.76. The minimum absolute atomic E-state index is 0.0125. The van der Waals surface area contributed by atoms with Gasteiger partial charge in [-0.05, 0) is 59.9 Å². The first-order chi connectivity index (χ1) is 15.1. The lowest BCUT2D eigenvalue weighted by molar-refractivity contribution is 0.105. The van der Waals surface area contributed by atoms with Gasteiger partial charge in [0.25, 0.3) is 0 Å². The first-order valence-corrected chi connectivity index (χ1v) is 12.1. The van der Waals surface area contributed by atoms with Gasteiger partial charge in [-0.2, -0.15) is 0 Å². The standard InChI is InChI=1S/C28H35NO2/c1-4-16-28(17-5-2)24-13-9-8-12-22(24)23-15-14-21(18-25(23)28)27(30)26(29-31)19(3)20-10-6-7-11-20/h8-9,12-15,18-20,31H,4-7,10-11,16-17H2,1-3H3. The highest BCUT2D eigenvalue weighted by Crippen LogP contribution is 2.53. The van der Waals surface area contributed by atoms with Crippen LogP contribution in [0.2, 0.25) is 0 Å². The van der Waals surface area contributed by atoms with E-state index in [2.05, 4.69) is 55.4 Å². The molecule has 164 valence electrons. The summed E-state index contributed by atoms with van der Waals surface area (Å²) in [6.07, 6.45) is 8.96. The van der Waals surface area contributed by atoms with Crippen molar-refractivity contribution in [2.24, 2.45) is 17.0 Å². The van der Waals surface area contributed by atoms with Crippen molar-refractivity contribution in [2.45, 2.75) is 77.6 Å². The fraction of sp³-hybridized carbons (Fsp3) is 0.500. The van der Waals surface area contributed by atoms with Gasteiger partial charge in [0.2, 0.25) is 5.78 Å². The number of carbonyl (C=O) groups is 1. The second kappa shape index (κ2) is 8.98. The summed E-state index contributed by atoms with van der Waals surface area (Å²) in [4.78, 5) is 13.5. The highest BCUT2D eigenvalue weighted by molar-refractivity contribution is 6.46. The molecule has 0 bridgehead atoms. The zero-order valence-corrected chi connectivity index (χ0v) is 19.2. The van der Waals surface area contributed by atoms with E-state index in [0.717, 1.165) is 38.5 Å². The van der Waals surface area contributed by atoms with E-state index in [1.807, 2.05) is 13.0 Å². The van der Waals surface area contributed by atoms with Crippen LogP contribution in [0.3, 0.4) is 0 Å². The smallest absolute Gasteiger partial charge is 0.210 e.